The fourth-order valence-electron chi connectivity index (χ4n) is 1.65. The molecule has 0 saturated heterocycles. The highest BCUT2D eigenvalue weighted by Gasteiger charge is 2.31. The zero-order chi connectivity index (χ0) is 14.1. The Labute approximate surface area is 123 Å². The number of quaternary nitrogens is 1. The van der Waals surface area contributed by atoms with Gasteiger partial charge in [-0.05, 0) is 49.6 Å². The van der Waals surface area contributed by atoms with Gasteiger partial charge in [-0.1, -0.05) is 0 Å². The number of phenols is 1. The number of halogens is 2. The highest BCUT2D eigenvalue weighted by Crippen LogP contribution is 2.34. The van der Waals surface area contributed by atoms with Gasteiger partial charge in [-0.3, -0.25) is 0 Å². The SMILES string of the molecule is C[N+](C)(C)[C@@H](Cc1cc(Br)c(O)c(Br)c1)C(=O)O. The van der Waals surface area contributed by atoms with E-state index in [9.17, 15) is 15.0 Å². The molecule has 0 unspecified atom stereocenters. The van der Waals surface area contributed by atoms with Crippen LogP contribution in [0.4, 0.5) is 0 Å². The number of nitrogens with zero attached hydrogens (tertiary/aromatic N) is 1. The van der Waals surface area contributed by atoms with Crippen LogP contribution in [0.2, 0.25) is 0 Å². The molecule has 1 rings (SSSR count). The van der Waals surface area contributed by atoms with Crippen LogP contribution < -0.4 is 0 Å². The van der Waals surface area contributed by atoms with Crippen LogP contribution in [-0.4, -0.2) is 47.9 Å². The molecule has 0 aliphatic heterocycles. The van der Waals surface area contributed by atoms with Gasteiger partial charge in [-0.25, -0.2) is 4.79 Å². The van der Waals surface area contributed by atoms with Crippen LogP contribution in [0.5, 0.6) is 5.75 Å². The molecule has 6 heteroatoms. The number of carbonyl (C=O) groups is 1. The first kappa shape index (κ1) is 15.5. The molecule has 0 spiro atoms. The number of phenolic OH excluding ortho intramolecular Hbond substituents is 1. The Balaban J connectivity index is 3.06. The van der Waals surface area contributed by atoms with Crippen LogP contribution in [0.3, 0.4) is 0 Å². The maximum atomic E-state index is 11.3. The fraction of sp³-hybridized carbons (Fsp3) is 0.417. The summed E-state index contributed by atoms with van der Waals surface area (Å²) in [6.45, 7) is 0. The van der Waals surface area contributed by atoms with E-state index >= 15 is 0 Å². The summed E-state index contributed by atoms with van der Waals surface area (Å²) in [5, 5.41) is 18.9. The summed E-state index contributed by atoms with van der Waals surface area (Å²) in [4.78, 5) is 11.3. The van der Waals surface area contributed by atoms with Crippen molar-refractivity contribution >= 4 is 37.8 Å². The Morgan fingerprint density at radius 1 is 1.28 bits per heavy atom. The fourth-order valence-corrected chi connectivity index (χ4v) is 2.93. The van der Waals surface area contributed by atoms with E-state index in [1.807, 2.05) is 21.1 Å². The Hall–Kier alpha value is -0.590. The van der Waals surface area contributed by atoms with Crippen molar-refractivity contribution in [1.82, 2.24) is 0 Å². The van der Waals surface area contributed by atoms with Crippen LogP contribution in [0.15, 0.2) is 21.1 Å². The van der Waals surface area contributed by atoms with Crippen LogP contribution in [0, 0.1) is 0 Å². The summed E-state index contributed by atoms with van der Waals surface area (Å²) in [6, 6.07) is 2.95. The van der Waals surface area contributed by atoms with E-state index in [1.54, 1.807) is 12.1 Å². The summed E-state index contributed by atoms with van der Waals surface area (Å²) < 4.78 is 1.45. The lowest BCUT2D eigenvalue weighted by Gasteiger charge is -2.31. The zero-order valence-electron chi connectivity index (χ0n) is 10.4. The number of hydrogen-bond acceptors (Lipinski definition) is 2. The lowest BCUT2D eigenvalue weighted by atomic mass is 10.0. The topological polar surface area (TPSA) is 57.5 Å². The predicted octanol–water partition coefficient (Wildman–Crippen LogP) is 2.62. The quantitative estimate of drug-likeness (QED) is 0.788. The average molecular weight is 382 g/mol. The molecule has 0 aliphatic rings. The molecular weight excluding hydrogens is 366 g/mol. The average Bonchev–Trinajstić information content (AvgIpc) is 2.20. The van der Waals surface area contributed by atoms with Crippen molar-refractivity contribution in [2.24, 2.45) is 0 Å². The Kier molecular flexibility index (Phi) is 4.80. The minimum absolute atomic E-state index is 0.121. The van der Waals surface area contributed by atoms with Gasteiger partial charge in [0.15, 0.2) is 6.04 Å². The summed E-state index contributed by atoms with van der Waals surface area (Å²) in [5.41, 5.74) is 0.854. The molecule has 1 atom stereocenters. The number of rotatable bonds is 4. The monoisotopic (exact) mass is 380 g/mol. The Bertz CT molecular complexity index is 446. The van der Waals surface area contributed by atoms with Crippen LogP contribution >= 0.6 is 31.9 Å². The van der Waals surface area contributed by atoms with Gasteiger partial charge in [0.05, 0.1) is 30.1 Å². The maximum Gasteiger partial charge on any atom is 0.362 e. The number of carboxylic acid groups (broad SMARTS) is 1. The largest absolute Gasteiger partial charge is 0.506 e. The standard InChI is InChI=1S/C12H15Br2NO3/c1-15(2,3)10(12(17)18)6-7-4-8(13)11(16)9(14)5-7/h4-5,10H,6H2,1-3H3,(H-,16,17,18)/p+1/t10-/m0/s1. The number of hydrogen-bond donors (Lipinski definition) is 2. The summed E-state index contributed by atoms with van der Waals surface area (Å²) >= 11 is 6.48. The number of aliphatic carboxylic acids is 1. The molecule has 0 aliphatic carbocycles. The summed E-state index contributed by atoms with van der Waals surface area (Å²) in [6.07, 6.45) is 0.399. The van der Waals surface area contributed by atoms with Gasteiger partial charge in [0.1, 0.15) is 5.75 Å². The Morgan fingerprint density at radius 2 is 1.72 bits per heavy atom. The van der Waals surface area contributed by atoms with E-state index < -0.39 is 12.0 Å². The lowest BCUT2D eigenvalue weighted by Crippen LogP contribution is -2.51. The molecule has 18 heavy (non-hydrogen) atoms. The van der Waals surface area contributed by atoms with Crippen molar-refractivity contribution in [3.8, 4) is 5.75 Å². The molecule has 0 fully saturated rings. The number of benzene rings is 1. The molecule has 1 aromatic rings. The smallest absolute Gasteiger partial charge is 0.362 e. The summed E-state index contributed by atoms with van der Waals surface area (Å²) in [7, 11) is 5.55. The second-order valence-electron chi connectivity index (χ2n) is 5.08. The van der Waals surface area contributed by atoms with Crippen molar-refractivity contribution < 1.29 is 19.5 Å². The molecule has 2 N–H and O–H groups in total. The zero-order valence-corrected chi connectivity index (χ0v) is 13.6. The van der Waals surface area contributed by atoms with Gasteiger partial charge < -0.3 is 14.7 Å². The molecule has 0 amide bonds. The molecule has 0 saturated carbocycles. The second kappa shape index (κ2) is 5.59. The van der Waals surface area contributed by atoms with Gasteiger partial charge in [-0.2, -0.15) is 0 Å². The van der Waals surface area contributed by atoms with Crippen molar-refractivity contribution in [3.63, 3.8) is 0 Å². The lowest BCUT2D eigenvalue weighted by molar-refractivity contribution is -0.887. The van der Waals surface area contributed by atoms with E-state index in [2.05, 4.69) is 31.9 Å². The van der Waals surface area contributed by atoms with Crippen molar-refractivity contribution in [3.05, 3.63) is 26.6 Å². The third kappa shape index (κ3) is 3.70. The summed E-state index contributed by atoms with van der Waals surface area (Å²) in [5.74, 6) is -0.710. The first-order valence-electron chi connectivity index (χ1n) is 5.33. The van der Waals surface area contributed by atoms with Gasteiger partial charge in [0.25, 0.3) is 0 Å². The molecule has 4 nitrogen and oxygen atoms in total. The van der Waals surface area contributed by atoms with Crippen LogP contribution in [0.25, 0.3) is 0 Å². The highest BCUT2D eigenvalue weighted by molar-refractivity contribution is 9.11. The predicted molar refractivity (Wildman–Crippen MR) is 76.7 cm³/mol. The van der Waals surface area contributed by atoms with E-state index in [0.29, 0.717) is 19.8 Å². The molecule has 1 aromatic carbocycles. The molecule has 0 bridgehead atoms. The molecule has 100 valence electrons. The molecular formula is C12H16Br2NO3+. The minimum atomic E-state index is -0.831. The molecule has 0 aromatic heterocycles. The molecule has 0 radical (unpaired) electrons. The van der Waals surface area contributed by atoms with E-state index in [4.69, 9.17) is 0 Å². The van der Waals surface area contributed by atoms with Crippen molar-refractivity contribution in [2.75, 3.05) is 21.1 Å². The highest BCUT2D eigenvalue weighted by atomic mass is 79.9. The van der Waals surface area contributed by atoms with Gasteiger partial charge in [-0.15, -0.1) is 0 Å². The van der Waals surface area contributed by atoms with E-state index in [-0.39, 0.29) is 5.75 Å². The van der Waals surface area contributed by atoms with Crippen molar-refractivity contribution in [2.45, 2.75) is 12.5 Å². The third-order valence-electron chi connectivity index (χ3n) is 2.73. The minimum Gasteiger partial charge on any atom is -0.506 e. The first-order valence-corrected chi connectivity index (χ1v) is 6.92. The van der Waals surface area contributed by atoms with Gasteiger partial charge >= 0.3 is 5.97 Å². The number of carboxylic acids is 1. The van der Waals surface area contributed by atoms with E-state index in [0.717, 1.165) is 5.56 Å². The second-order valence-corrected chi connectivity index (χ2v) is 6.79. The molecule has 0 heterocycles. The number of aromatic hydroxyl groups is 1. The van der Waals surface area contributed by atoms with E-state index in [1.165, 1.54) is 0 Å². The van der Waals surface area contributed by atoms with Crippen LogP contribution in [-0.2, 0) is 11.2 Å². The van der Waals surface area contributed by atoms with Gasteiger partial charge in [0.2, 0.25) is 0 Å². The van der Waals surface area contributed by atoms with Crippen LogP contribution in [0.1, 0.15) is 5.56 Å². The third-order valence-corrected chi connectivity index (χ3v) is 3.93. The first-order chi connectivity index (χ1) is 8.12. The maximum absolute atomic E-state index is 11.3. The van der Waals surface area contributed by atoms with Gasteiger partial charge in [0, 0.05) is 6.42 Å². The van der Waals surface area contributed by atoms with Crippen molar-refractivity contribution in [1.29, 1.82) is 0 Å². The number of likely N-dealkylation sites (N-methyl/N-ethyl adjacent to an activating group) is 1. The Morgan fingerprint density at radius 3 is 2.06 bits per heavy atom. The normalized spacial score (nSPS) is 13.4.